The maximum atomic E-state index is 13.7. The second-order valence-electron chi connectivity index (χ2n) is 5.65. The number of esters is 1. The van der Waals surface area contributed by atoms with E-state index in [-0.39, 0.29) is 12.0 Å². The average molecular weight is 347 g/mol. The normalized spacial score (nSPS) is 11.7. The van der Waals surface area contributed by atoms with Gasteiger partial charge in [-0.15, -0.1) is 0 Å². The first-order chi connectivity index (χ1) is 11.9. The molecular formula is C19H19F2NO3. The molecule has 25 heavy (non-hydrogen) atoms. The minimum Gasteiger partial charge on any atom is -0.467 e. The second-order valence-corrected chi connectivity index (χ2v) is 5.65. The quantitative estimate of drug-likeness (QED) is 0.818. The van der Waals surface area contributed by atoms with Gasteiger partial charge in [-0.2, -0.15) is 0 Å². The molecule has 1 atom stereocenters. The van der Waals surface area contributed by atoms with Gasteiger partial charge in [0.2, 0.25) is 5.91 Å². The summed E-state index contributed by atoms with van der Waals surface area (Å²) in [6, 6.07) is 9.87. The van der Waals surface area contributed by atoms with Crippen molar-refractivity contribution in [2.24, 2.45) is 0 Å². The van der Waals surface area contributed by atoms with Crippen LogP contribution in [0.5, 0.6) is 0 Å². The van der Waals surface area contributed by atoms with Crippen molar-refractivity contribution in [2.75, 3.05) is 7.11 Å². The Morgan fingerprint density at radius 3 is 2.32 bits per heavy atom. The van der Waals surface area contributed by atoms with E-state index in [2.05, 4.69) is 5.32 Å². The van der Waals surface area contributed by atoms with E-state index in [1.54, 1.807) is 0 Å². The summed E-state index contributed by atoms with van der Waals surface area (Å²) in [5, 5.41) is 2.50. The van der Waals surface area contributed by atoms with E-state index in [1.165, 1.54) is 13.2 Å². The summed E-state index contributed by atoms with van der Waals surface area (Å²) < 4.78 is 32.0. The van der Waals surface area contributed by atoms with Crippen LogP contribution in [0.1, 0.15) is 16.7 Å². The first-order valence-electron chi connectivity index (χ1n) is 7.77. The maximum absolute atomic E-state index is 13.7. The number of amides is 1. The summed E-state index contributed by atoms with van der Waals surface area (Å²) in [5.41, 5.74) is 1.50. The van der Waals surface area contributed by atoms with E-state index < -0.39 is 36.0 Å². The van der Waals surface area contributed by atoms with Crippen LogP contribution >= 0.6 is 0 Å². The summed E-state index contributed by atoms with van der Waals surface area (Å²) in [6.07, 6.45) is -0.273. The molecule has 0 aliphatic heterocycles. The van der Waals surface area contributed by atoms with Gasteiger partial charge in [-0.3, -0.25) is 4.79 Å². The molecule has 0 saturated heterocycles. The first-order valence-corrected chi connectivity index (χ1v) is 7.77. The number of hydrogen-bond donors (Lipinski definition) is 1. The number of methoxy groups -OCH3 is 1. The number of aryl methyl sites for hydroxylation is 1. The molecule has 0 spiro atoms. The van der Waals surface area contributed by atoms with E-state index in [9.17, 15) is 18.4 Å². The standard InChI is InChI=1S/C19H19F2NO3/c1-12-6-3-4-7-13(12)10-17(19(24)25-2)22-18(23)11-14-15(20)8-5-9-16(14)21/h3-9,17H,10-11H2,1-2H3,(H,22,23)/t17-/m0/s1. The number of halogens is 2. The molecule has 0 aliphatic rings. The molecule has 2 aromatic carbocycles. The monoisotopic (exact) mass is 347 g/mol. The molecule has 0 unspecified atom stereocenters. The third kappa shape index (κ3) is 4.86. The zero-order chi connectivity index (χ0) is 18.4. The highest BCUT2D eigenvalue weighted by molar-refractivity contribution is 5.85. The summed E-state index contributed by atoms with van der Waals surface area (Å²) in [6.45, 7) is 1.89. The van der Waals surface area contributed by atoms with Crippen molar-refractivity contribution in [2.45, 2.75) is 25.8 Å². The largest absolute Gasteiger partial charge is 0.467 e. The molecule has 1 N–H and O–H groups in total. The fourth-order valence-corrected chi connectivity index (χ4v) is 2.50. The van der Waals surface area contributed by atoms with Gasteiger partial charge in [-0.25, -0.2) is 13.6 Å². The fourth-order valence-electron chi connectivity index (χ4n) is 2.50. The predicted molar refractivity (Wildman–Crippen MR) is 88.9 cm³/mol. The van der Waals surface area contributed by atoms with Crippen LogP contribution in [0.4, 0.5) is 8.78 Å². The van der Waals surface area contributed by atoms with Gasteiger partial charge in [0.05, 0.1) is 13.5 Å². The van der Waals surface area contributed by atoms with Crippen LogP contribution in [0.25, 0.3) is 0 Å². The van der Waals surface area contributed by atoms with Crippen molar-refractivity contribution in [3.8, 4) is 0 Å². The summed E-state index contributed by atoms with van der Waals surface area (Å²) in [5.74, 6) is -2.88. The van der Waals surface area contributed by atoms with E-state index >= 15 is 0 Å². The van der Waals surface area contributed by atoms with Crippen LogP contribution in [-0.2, 0) is 27.2 Å². The van der Waals surface area contributed by atoms with Crippen LogP contribution in [0.15, 0.2) is 42.5 Å². The molecule has 0 bridgehead atoms. The number of hydrogen-bond acceptors (Lipinski definition) is 3. The molecule has 6 heteroatoms. The lowest BCUT2D eigenvalue weighted by molar-refractivity contribution is -0.145. The number of ether oxygens (including phenoxy) is 1. The van der Waals surface area contributed by atoms with Crippen molar-refractivity contribution < 1.29 is 23.1 Å². The van der Waals surface area contributed by atoms with Gasteiger partial charge in [0.25, 0.3) is 0 Å². The second kappa shape index (κ2) is 8.37. The van der Waals surface area contributed by atoms with Crippen molar-refractivity contribution >= 4 is 11.9 Å². The average Bonchev–Trinajstić information content (AvgIpc) is 2.59. The fraction of sp³-hybridized carbons (Fsp3) is 0.263. The van der Waals surface area contributed by atoms with Crippen molar-refractivity contribution in [3.05, 3.63) is 70.8 Å². The molecule has 2 aromatic rings. The molecule has 132 valence electrons. The van der Waals surface area contributed by atoms with Gasteiger partial charge in [0, 0.05) is 12.0 Å². The van der Waals surface area contributed by atoms with E-state index in [0.29, 0.717) is 0 Å². The molecule has 1 amide bonds. The molecule has 0 heterocycles. The minimum atomic E-state index is -0.937. The highest BCUT2D eigenvalue weighted by Gasteiger charge is 2.23. The topological polar surface area (TPSA) is 55.4 Å². The first kappa shape index (κ1) is 18.6. The van der Waals surface area contributed by atoms with Gasteiger partial charge in [0.15, 0.2) is 0 Å². The lowest BCUT2D eigenvalue weighted by atomic mass is 10.0. The van der Waals surface area contributed by atoms with Crippen LogP contribution < -0.4 is 5.32 Å². The number of carbonyl (C=O) groups excluding carboxylic acids is 2. The lowest BCUT2D eigenvalue weighted by Gasteiger charge is -2.18. The third-order valence-corrected chi connectivity index (χ3v) is 3.91. The Bertz CT molecular complexity index is 757. The van der Waals surface area contributed by atoms with Gasteiger partial charge >= 0.3 is 5.97 Å². The molecule has 0 aliphatic carbocycles. The Morgan fingerprint density at radius 1 is 1.08 bits per heavy atom. The zero-order valence-corrected chi connectivity index (χ0v) is 14.0. The number of carbonyl (C=O) groups is 2. The SMILES string of the molecule is COC(=O)[C@H](Cc1ccccc1C)NC(=O)Cc1c(F)cccc1F. The van der Waals surface area contributed by atoms with E-state index in [4.69, 9.17) is 4.74 Å². The van der Waals surface area contributed by atoms with Crippen LogP contribution in [0.2, 0.25) is 0 Å². The Labute approximate surface area is 144 Å². The highest BCUT2D eigenvalue weighted by atomic mass is 19.1. The van der Waals surface area contributed by atoms with Crippen molar-refractivity contribution in [1.29, 1.82) is 0 Å². The van der Waals surface area contributed by atoms with Crippen LogP contribution in [0, 0.1) is 18.6 Å². The van der Waals surface area contributed by atoms with E-state index in [0.717, 1.165) is 23.3 Å². The lowest BCUT2D eigenvalue weighted by Crippen LogP contribution is -2.44. The Hall–Kier alpha value is -2.76. The van der Waals surface area contributed by atoms with Crippen LogP contribution in [0.3, 0.4) is 0 Å². The molecule has 0 saturated carbocycles. The number of nitrogens with one attached hydrogen (secondary N) is 1. The van der Waals surface area contributed by atoms with Gasteiger partial charge < -0.3 is 10.1 Å². The summed E-state index contributed by atoms with van der Waals surface area (Å²) in [4.78, 5) is 24.1. The Morgan fingerprint density at radius 2 is 1.72 bits per heavy atom. The molecular weight excluding hydrogens is 328 g/mol. The smallest absolute Gasteiger partial charge is 0.328 e. The van der Waals surface area contributed by atoms with Crippen molar-refractivity contribution in [3.63, 3.8) is 0 Å². The molecule has 0 fully saturated rings. The molecule has 0 radical (unpaired) electrons. The third-order valence-electron chi connectivity index (χ3n) is 3.91. The van der Waals surface area contributed by atoms with E-state index in [1.807, 2.05) is 31.2 Å². The Kier molecular flexibility index (Phi) is 6.22. The predicted octanol–water partition coefficient (Wildman–Crippen LogP) is 2.72. The van der Waals surface area contributed by atoms with Crippen LogP contribution in [-0.4, -0.2) is 25.0 Å². The molecule has 4 nitrogen and oxygen atoms in total. The van der Waals surface area contributed by atoms with Gasteiger partial charge in [-0.1, -0.05) is 30.3 Å². The molecule has 0 aromatic heterocycles. The maximum Gasteiger partial charge on any atom is 0.328 e. The van der Waals surface area contributed by atoms with Gasteiger partial charge in [-0.05, 0) is 30.2 Å². The summed E-state index contributed by atoms with van der Waals surface area (Å²) in [7, 11) is 1.22. The number of benzene rings is 2. The minimum absolute atomic E-state index is 0.227. The number of rotatable bonds is 6. The Balaban J connectivity index is 2.13. The zero-order valence-electron chi connectivity index (χ0n) is 14.0. The summed E-state index contributed by atoms with van der Waals surface area (Å²) >= 11 is 0. The van der Waals surface area contributed by atoms with Gasteiger partial charge in [0.1, 0.15) is 17.7 Å². The van der Waals surface area contributed by atoms with Crippen molar-refractivity contribution in [1.82, 2.24) is 5.32 Å². The highest BCUT2D eigenvalue weighted by Crippen LogP contribution is 2.14. The molecule has 2 rings (SSSR count).